The Morgan fingerprint density at radius 2 is 2.29 bits per heavy atom. The number of nitrogens with two attached hydrogens (primary N) is 1. The number of carbonyl (C=O) groups is 1. The SMILES string of the molecule is COc1cccc(-c2sc(N)nc2C(=O)O)c1. The fourth-order valence-electron chi connectivity index (χ4n) is 1.44. The van der Waals surface area contributed by atoms with E-state index in [0.717, 1.165) is 16.9 Å². The van der Waals surface area contributed by atoms with E-state index in [0.29, 0.717) is 10.6 Å². The summed E-state index contributed by atoms with van der Waals surface area (Å²) in [5, 5.41) is 9.26. The third-order valence-electron chi connectivity index (χ3n) is 2.18. The Balaban J connectivity index is 2.55. The summed E-state index contributed by atoms with van der Waals surface area (Å²) in [6.45, 7) is 0. The minimum Gasteiger partial charge on any atom is -0.497 e. The molecule has 5 nitrogen and oxygen atoms in total. The Hall–Kier alpha value is -2.08. The molecule has 1 heterocycles. The summed E-state index contributed by atoms with van der Waals surface area (Å²) in [5.41, 5.74) is 6.24. The maximum atomic E-state index is 11.0. The second-order valence-electron chi connectivity index (χ2n) is 3.27. The molecule has 0 fully saturated rings. The summed E-state index contributed by atoms with van der Waals surface area (Å²) in [7, 11) is 1.55. The van der Waals surface area contributed by atoms with Crippen molar-refractivity contribution in [2.75, 3.05) is 12.8 Å². The highest BCUT2D eigenvalue weighted by Gasteiger charge is 2.17. The normalized spacial score (nSPS) is 10.2. The molecule has 2 aromatic rings. The Labute approximate surface area is 101 Å². The van der Waals surface area contributed by atoms with Crippen molar-refractivity contribution in [1.29, 1.82) is 0 Å². The third kappa shape index (κ3) is 2.21. The van der Waals surface area contributed by atoms with Crippen LogP contribution in [0.2, 0.25) is 0 Å². The lowest BCUT2D eigenvalue weighted by atomic mass is 10.1. The first-order valence-corrected chi connectivity index (χ1v) is 5.57. The van der Waals surface area contributed by atoms with E-state index in [1.165, 1.54) is 0 Å². The Kier molecular flexibility index (Phi) is 2.97. The highest BCUT2D eigenvalue weighted by molar-refractivity contribution is 7.19. The number of aromatic nitrogens is 1. The monoisotopic (exact) mass is 250 g/mol. The summed E-state index contributed by atoms with van der Waals surface area (Å²) < 4.78 is 5.09. The number of ether oxygens (including phenoxy) is 1. The van der Waals surface area contributed by atoms with Crippen LogP contribution in [0.25, 0.3) is 10.4 Å². The molecule has 2 rings (SSSR count). The molecule has 88 valence electrons. The number of hydrogen-bond acceptors (Lipinski definition) is 5. The topological polar surface area (TPSA) is 85.4 Å². The van der Waals surface area contributed by atoms with Crippen molar-refractivity contribution in [3.8, 4) is 16.2 Å². The largest absolute Gasteiger partial charge is 0.497 e. The number of nitrogen functional groups attached to an aromatic ring is 1. The minimum absolute atomic E-state index is 0.0271. The standard InChI is InChI=1S/C11H10N2O3S/c1-16-7-4-2-3-6(5-7)9-8(10(14)15)13-11(12)17-9/h2-5H,1H3,(H2,12,13)(H,14,15). The van der Waals surface area contributed by atoms with Crippen LogP contribution < -0.4 is 10.5 Å². The van der Waals surface area contributed by atoms with Crippen molar-refractivity contribution in [1.82, 2.24) is 4.98 Å². The zero-order chi connectivity index (χ0) is 12.4. The van der Waals surface area contributed by atoms with Gasteiger partial charge in [0, 0.05) is 0 Å². The molecule has 0 spiro atoms. The van der Waals surface area contributed by atoms with E-state index in [1.807, 2.05) is 0 Å². The van der Waals surface area contributed by atoms with Gasteiger partial charge in [-0.05, 0) is 17.7 Å². The number of benzene rings is 1. The Bertz CT molecular complexity index is 566. The molecule has 0 aliphatic carbocycles. The molecule has 0 amide bonds. The molecule has 1 aromatic carbocycles. The number of carboxylic acids is 1. The van der Waals surface area contributed by atoms with Gasteiger partial charge in [-0.25, -0.2) is 9.78 Å². The number of nitrogens with zero attached hydrogens (tertiary/aromatic N) is 1. The quantitative estimate of drug-likeness (QED) is 0.871. The molecule has 0 atom stereocenters. The second-order valence-corrected chi connectivity index (χ2v) is 4.30. The molecule has 3 N–H and O–H groups in total. The van der Waals surface area contributed by atoms with Crippen LogP contribution in [0.15, 0.2) is 24.3 Å². The van der Waals surface area contributed by atoms with Crippen molar-refractivity contribution in [2.24, 2.45) is 0 Å². The molecule has 0 unspecified atom stereocenters. The van der Waals surface area contributed by atoms with E-state index in [2.05, 4.69) is 4.98 Å². The van der Waals surface area contributed by atoms with Gasteiger partial charge in [0.15, 0.2) is 10.8 Å². The lowest BCUT2D eigenvalue weighted by Crippen LogP contribution is -1.99. The van der Waals surface area contributed by atoms with Gasteiger partial charge in [-0.3, -0.25) is 0 Å². The number of aromatic carboxylic acids is 1. The maximum absolute atomic E-state index is 11.0. The number of carboxylic acid groups (broad SMARTS) is 1. The van der Waals surface area contributed by atoms with Crippen LogP contribution in [0.1, 0.15) is 10.5 Å². The summed E-state index contributed by atoms with van der Waals surface area (Å²) in [5.74, 6) is -0.429. The van der Waals surface area contributed by atoms with Gasteiger partial charge in [0.1, 0.15) is 5.75 Å². The van der Waals surface area contributed by atoms with E-state index in [9.17, 15) is 4.79 Å². The van der Waals surface area contributed by atoms with Crippen molar-refractivity contribution in [3.05, 3.63) is 30.0 Å². The molecular formula is C11H10N2O3S. The number of anilines is 1. The van der Waals surface area contributed by atoms with Gasteiger partial charge in [0.2, 0.25) is 0 Å². The van der Waals surface area contributed by atoms with Crippen LogP contribution in [0.5, 0.6) is 5.75 Å². The van der Waals surface area contributed by atoms with Crippen LogP contribution in [0, 0.1) is 0 Å². The van der Waals surface area contributed by atoms with Gasteiger partial charge in [0.25, 0.3) is 0 Å². The van der Waals surface area contributed by atoms with E-state index >= 15 is 0 Å². The Morgan fingerprint density at radius 1 is 1.53 bits per heavy atom. The smallest absolute Gasteiger partial charge is 0.356 e. The summed E-state index contributed by atoms with van der Waals surface area (Å²) >= 11 is 1.15. The predicted molar refractivity (Wildman–Crippen MR) is 65.5 cm³/mol. The fraction of sp³-hybridized carbons (Fsp3) is 0.0909. The van der Waals surface area contributed by atoms with Crippen LogP contribution in [0.3, 0.4) is 0 Å². The van der Waals surface area contributed by atoms with E-state index in [1.54, 1.807) is 31.4 Å². The van der Waals surface area contributed by atoms with Crippen LogP contribution in [-0.4, -0.2) is 23.2 Å². The molecule has 0 saturated heterocycles. The number of methoxy groups -OCH3 is 1. The van der Waals surface area contributed by atoms with E-state index in [4.69, 9.17) is 15.6 Å². The number of hydrogen-bond donors (Lipinski definition) is 2. The third-order valence-corrected chi connectivity index (χ3v) is 3.11. The Morgan fingerprint density at radius 3 is 2.94 bits per heavy atom. The summed E-state index contributed by atoms with van der Waals surface area (Å²) in [6, 6.07) is 7.12. The molecule has 1 aromatic heterocycles. The average Bonchev–Trinajstić information content (AvgIpc) is 2.72. The first-order chi connectivity index (χ1) is 8.11. The number of thiazole rings is 1. The molecule has 0 aliphatic heterocycles. The first kappa shape index (κ1) is 11.4. The van der Waals surface area contributed by atoms with Gasteiger partial charge in [0.05, 0.1) is 12.0 Å². The van der Waals surface area contributed by atoms with E-state index in [-0.39, 0.29) is 10.8 Å². The second kappa shape index (κ2) is 4.42. The lowest BCUT2D eigenvalue weighted by Gasteiger charge is -2.02. The molecular weight excluding hydrogens is 240 g/mol. The molecule has 0 radical (unpaired) electrons. The summed E-state index contributed by atoms with van der Waals surface area (Å²) in [6.07, 6.45) is 0. The fourth-order valence-corrected chi connectivity index (χ4v) is 2.26. The summed E-state index contributed by atoms with van der Waals surface area (Å²) in [4.78, 5) is 15.4. The zero-order valence-corrected chi connectivity index (χ0v) is 9.82. The lowest BCUT2D eigenvalue weighted by molar-refractivity contribution is 0.0692. The average molecular weight is 250 g/mol. The predicted octanol–water partition coefficient (Wildman–Crippen LogP) is 2.10. The molecule has 0 bridgehead atoms. The molecule has 17 heavy (non-hydrogen) atoms. The van der Waals surface area contributed by atoms with Crippen molar-refractivity contribution < 1.29 is 14.6 Å². The van der Waals surface area contributed by atoms with Crippen molar-refractivity contribution >= 4 is 22.4 Å². The van der Waals surface area contributed by atoms with Gasteiger partial charge < -0.3 is 15.6 Å². The van der Waals surface area contributed by atoms with E-state index < -0.39 is 5.97 Å². The highest BCUT2D eigenvalue weighted by atomic mass is 32.1. The highest BCUT2D eigenvalue weighted by Crippen LogP contribution is 2.33. The van der Waals surface area contributed by atoms with Crippen molar-refractivity contribution in [2.45, 2.75) is 0 Å². The van der Waals surface area contributed by atoms with Gasteiger partial charge in [-0.15, -0.1) is 0 Å². The van der Waals surface area contributed by atoms with Gasteiger partial charge in [-0.2, -0.15) is 0 Å². The van der Waals surface area contributed by atoms with Gasteiger partial charge >= 0.3 is 5.97 Å². The minimum atomic E-state index is -1.09. The van der Waals surface area contributed by atoms with Gasteiger partial charge in [-0.1, -0.05) is 23.5 Å². The van der Waals surface area contributed by atoms with Crippen LogP contribution >= 0.6 is 11.3 Å². The maximum Gasteiger partial charge on any atom is 0.356 e. The number of rotatable bonds is 3. The van der Waals surface area contributed by atoms with Crippen LogP contribution in [-0.2, 0) is 0 Å². The van der Waals surface area contributed by atoms with Crippen LogP contribution in [0.4, 0.5) is 5.13 Å². The molecule has 6 heteroatoms. The molecule has 0 saturated carbocycles. The first-order valence-electron chi connectivity index (χ1n) is 4.76. The zero-order valence-electron chi connectivity index (χ0n) is 9.01. The molecule has 0 aliphatic rings. The van der Waals surface area contributed by atoms with Crippen molar-refractivity contribution in [3.63, 3.8) is 0 Å².